The van der Waals surface area contributed by atoms with Crippen molar-refractivity contribution in [1.82, 2.24) is 19.8 Å². The van der Waals surface area contributed by atoms with Gasteiger partial charge < -0.3 is 15.6 Å². The number of likely N-dealkylation sites (tertiary alicyclic amines) is 1. The maximum absolute atomic E-state index is 13.8. The van der Waals surface area contributed by atoms with Gasteiger partial charge in [-0.25, -0.2) is 4.52 Å². The molecule has 2 aromatic carbocycles. The molecule has 0 spiro atoms. The average molecular weight is 450 g/mol. The Morgan fingerprint density at radius 1 is 1.03 bits per heavy atom. The van der Waals surface area contributed by atoms with E-state index in [-0.39, 0.29) is 11.9 Å². The van der Waals surface area contributed by atoms with E-state index in [0.29, 0.717) is 23.5 Å². The largest absolute Gasteiger partial charge is 0.389 e. The van der Waals surface area contributed by atoms with Crippen LogP contribution >= 0.6 is 0 Å². The molecule has 0 unspecified atom stereocenters. The second-order valence-corrected chi connectivity index (χ2v) is 8.44. The fraction of sp³-hybridized carbons (Fsp3) is 0.179. The molecule has 0 bridgehead atoms. The number of fused-ring (bicyclic) bond motifs is 1. The van der Waals surface area contributed by atoms with Crippen LogP contribution in [0, 0.1) is 5.41 Å². The SMILES string of the molecule is N=C(/C=C\NC[C@@H]1CCCN1C(=O)c1c(-c2ccccc2)nn2ccccc12)c1ccccc1. The Balaban J connectivity index is 1.34. The minimum absolute atomic E-state index is 0.0189. The first-order valence-corrected chi connectivity index (χ1v) is 11.6. The summed E-state index contributed by atoms with van der Waals surface area (Å²) < 4.78 is 1.79. The highest BCUT2D eigenvalue weighted by Gasteiger charge is 2.32. The van der Waals surface area contributed by atoms with Crippen molar-refractivity contribution < 1.29 is 4.79 Å². The van der Waals surface area contributed by atoms with Gasteiger partial charge in [0, 0.05) is 30.9 Å². The molecule has 1 aliphatic heterocycles. The molecule has 4 aromatic rings. The lowest BCUT2D eigenvalue weighted by molar-refractivity contribution is 0.0740. The Labute approximate surface area is 199 Å². The summed E-state index contributed by atoms with van der Waals surface area (Å²) in [5, 5.41) is 16.2. The molecular formula is C28H27N5O. The Morgan fingerprint density at radius 2 is 1.76 bits per heavy atom. The van der Waals surface area contributed by atoms with Gasteiger partial charge in [-0.2, -0.15) is 5.10 Å². The number of pyridine rings is 1. The van der Waals surface area contributed by atoms with Crippen LogP contribution in [0.1, 0.15) is 28.8 Å². The van der Waals surface area contributed by atoms with Crippen molar-refractivity contribution in [3.63, 3.8) is 0 Å². The van der Waals surface area contributed by atoms with Gasteiger partial charge in [0.1, 0.15) is 5.69 Å². The Hall–Kier alpha value is -4.19. The summed E-state index contributed by atoms with van der Waals surface area (Å²) in [4.78, 5) is 15.8. The molecule has 1 fully saturated rings. The molecule has 0 aliphatic carbocycles. The molecule has 6 heteroatoms. The summed E-state index contributed by atoms with van der Waals surface area (Å²) >= 11 is 0. The minimum atomic E-state index is 0.0189. The van der Waals surface area contributed by atoms with Crippen molar-refractivity contribution in [3.05, 3.63) is 108 Å². The van der Waals surface area contributed by atoms with Crippen molar-refractivity contribution in [2.45, 2.75) is 18.9 Å². The molecule has 5 rings (SSSR count). The van der Waals surface area contributed by atoms with E-state index in [2.05, 4.69) is 5.32 Å². The van der Waals surface area contributed by atoms with Crippen molar-refractivity contribution in [2.24, 2.45) is 0 Å². The standard InChI is InChI=1S/C28H27N5O/c29-24(21-10-3-1-4-11-21)16-17-30-20-23-14-9-18-32(23)28(34)26-25-15-7-8-19-33(25)31-27(26)22-12-5-2-6-13-22/h1-8,10-13,15-17,19,23,29-30H,9,14,18,20H2/b17-16-,29-24?/t23-/m0/s1. The lowest BCUT2D eigenvalue weighted by atomic mass is 10.0. The maximum atomic E-state index is 13.8. The number of allylic oxidation sites excluding steroid dienone is 1. The van der Waals surface area contributed by atoms with E-state index in [9.17, 15) is 4.79 Å². The van der Waals surface area contributed by atoms with Crippen LogP contribution in [0.3, 0.4) is 0 Å². The topological polar surface area (TPSA) is 73.5 Å². The fourth-order valence-corrected chi connectivity index (χ4v) is 4.53. The van der Waals surface area contributed by atoms with E-state index in [4.69, 9.17) is 10.5 Å². The lowest BCUT2D eigenvalue weighted by Crippen LogP contribution is -2.40. The van der Waals surface area contributed by atoms with Crippen LogP contribution in [0.15, 0.2) is 97.3 Å². The third-order valence-electron chi connectivity index (χ3n) is 6.25. The molecule has 1 atom stereocenters. The number of nitrogens with one attached hydrogen (secondary N) is 2. The maximum Gasteiger partial charge on any atom is 0.258 e. The normalized spacial score (nSPS) is 15.8. The highest BCUT2D eigenvalue weighted by Crippen LogP contribution is 2.30. The van der Waals surface area contributed by atoms with Gasteiger partial charge in [0.15, 0.2) is 0 Å². The summed E-state index contributed by atoms with van der Waals surface area (Å²) in [5.41, 5.74) is 4.45. The number of hydrogen-bond acceptors (Lipinski definition) is 4. The van der Waals surface area contributed by atoms with Crippen LogP contribution in [0.2, 0.25) is 0 Å². The molecular weight excluding hydrogens is 422 g/mol. The van der Waals surface area contributed by atoms with Crippen molar-refractivity contribution in [2.75, 3.05) is 13.1 Å². The number of benzene rings is 2. The predicted octanol–water partition coefficient (Wildman–Crippen LogP) is 4.78. The summed E-state index contributed by atoms with van der Waals surface area (Å²) in [6, 6.07) is 25.4. The van der Waals surface area contributed by atoms with Crippen molar-refractivity contribution >= 4 is 17.1 Å². The first-order valence-electron chi connectivity index (χ1n) is 11.6. The number of nitrogens with zero attached hydrogens (tertiary/aromatic N) is 3. The predicted molar refractivity (Wildman–Crippen MR) is 135 cm³/mol. The van der Waals surface area contributed by atoms with Crippen LogP contribution in [-0.2, 0) is 0 Å². The van der Waals surface area contributed by atoms with Gasteiger partial charge in [-0.3, -0.25) is 4.79 Å². The first-order chi connectivity index (χ1) is 16.7. The van der Waals surface area contributed by atoms with Gasteiger partial charge in [0.05, 0.1) is 16.8 Å². The van der Waals surface area contributed by atoms with Crippen LogP contribution < -0.4 is 5.32 Å². The lowest BCUT2D eigenvalue weighted by Gasteiger charge is -2.25. The van der Waals surface area contributed by atoms with Gasteiger partial charge in [0.2, 0.25) is 0 Å². The summed E-state index contributed by atoms with van der Waals surface area (Å²) in [6.45, 7) is 1.37. The smallest absolute Gasteiger partial charge is 0.258 e. The molecule has 1 amide bonds. The summed E-state index contributed by atoms with van der Waals surface area (Å²) in [7, 11) is 0. The van der Waals surface area contributed by atoms with Gasteiger partial charge in [0.25, 0.3) is 5.91 Å². The third kappa shape index (κ3) is 4.35. The average Bonchev–Trinajstić information content (AvgIpc) is 3.52. The number of amides is 1. The molecule has 3 heterocycles. The first kappa shape index (κ1) is 21.6. The second kappa shape index (κ2) is 9.75. The quantitative estimate of drug-likeness (QED) is 0.399. The molecule has 170 valence electrons. The van der Waals surface area contributed by atoms with Gasteiger partial charge in [-0.15, -0.1) is 0 Å². The highest BCUT2D eigenvalue weighted by molar-refractivity contribution is 6.07. The van der Waals surface area contributed by atoms with Gasteiger partial charge in [-0.05, 0) is 42.8 Å². The number of carbonyl (C=O) groups excluding carboxylic acids is 1. The van der Waals surface area contributed by atoms with Crippen molar-refractivity contribution in [3.8, 4) is 11.3 Å². The zero-order chi connectivity index (χ0) is 23.3. The molecule has 0 radical (unpaired) electrons. The van der Waals surface area contributed by atoms with Crippen molar-refractivity contribution in [1.29, 1.82) is 5.41 Å². The summed E-state index contributed by atoms with van der Waals surface area (Å²) in [6.07, 6.45) is 7.37. The third-order valence-corrected chi connectivity index (χ3v) is 6.25. The van der Waals surface area contributed by atoms with Crippen LogP contribution in [0.5, 0.6) is 0 Å². The number of aromatic nitrogens is 2. The van der Waals surface area contributed by atoms with Crippen LogP contribution in [0.4, 0.5) is 0 Å². The highest BCUT2D eigenvalue weighted by atomic mass is 16.2. The Kier molecular flexibility index (Phi) is 6.21. The fourth-order valence-electron chi connectivity index (χ4n) is 4.53. The summed E-state index contributed by atoms with van der Waals surface area (Å²) in [5.74, 6) is 0.0189. The van der Waals surface area contributed by atoms with E-state index in [1.54, 1.807) is 16.8 Å². The van der Waals surface area contributed by atoms with E-state index < -0.39 is 0 Å². The number of rotatable bonds is 7. The molecule has 2 aromatic heterocycles. The zero-order valence-electron chi connectivity index (χ0n) is 18.9. The van der Waals surface area contributed by atoms with E-state index >= 15 is 0 Å². The number of hydrogen-bond donors (Lipinski definition) is 2. The Bertz CT molecular complexity index is 1330. The second-order valence-electron chi connectivity index (χ2n) is 8.44. The molecule has 2 N–H and O–H groups in total. The van der Waals surface area contributed by atoms with E-state index in [1.165, 1.54) is 0 Å². The molecule has 1 aliphatic rings. The minimum Gasteiger partial charge on any atom is -0.389 e. The van der Waals surface area contributed by atoms with Gasteiger partial charge >= 0.3 is 0 Å². The van der Waals surface area contributed by atoms with E-state index in [1.807, 2.05) is 90.0 Å². The monoisotopic (exact) mass is 449 g/mol. The van der Waals surface area contributed by atoms with E-state index in [0.717, 1.165) is 36.0 Å². The molecule has 6 nitrogen and oxygen atoms in total. The zero-order valence-corrected chi connectivity index (χ0v) is 18.9. The molecule has 1 saturated heterocycles. The number of carbonyl (C=O) groups is 1. The van der Waals surface area contributed by atoms with Crippen LogP contribution in [0.25, 0.3) is 16.8 Å². The Morgan fingerprint density at radius 3 is 2.56 bits per heavy atom. The molecule has 34 heavy (non-hydrogen) atoms. The molecule has 0 saturated carbocycles. The van der Waals surface area contributed by atoms with Crippen LogP contribution in [-0.4, -0.2) is 45.3 Å². The van der Waals surface area contributed by atoms with Gasteiger partial charge in [-0.1, -0.05) is 66.7 Å².